The molecular weight excluding hydrogens is 524 g/mol. The van der Waals surface area contributed by atoms with E-state index in [0.29, 0.717) is 5.56 Å². The molecule has 1 aromatic rings. The maximum absolute atomic E-state index is 13.2. The van der Waals surface area contributed by atoms with Gasteiger partial charge in [-0.2, -0.15) is 0 Å². The highest BCUT2D eigenvalue weighted by Gasteiger charge is 2.31. The number of nitrogens with zero attached hydrogens (tertiary/aromatic N) is 3. The van der Waals surface area contributed by atoms with Crippen molar-refractivity contribution >= 4 is 29.5 Å². The molecule has 14 heteroatoms. The fourth-order valence-electron chi connectivity index (χ4n) is 3.79. The third-order valence-corrected chi connectivity index (χ3v) is 5.62. The van der Waals surface area contributed by atoms with E-state index in [0.717, 1.165) is 0 Å². The molecule has 0 saturated carbocycles. The van der Waals surface area contributed by atoms with Gasteiger partial charge >= 0.3 is 5.97 Å². The lowest BCUT2D eigenvalue weighted by molar-refractivity contribution is -0.141. The first kappa shape index (κ1) is 33.9. The summed E-state index contributed by atoms with van der Waals surface area (Å²) >= 11 is 0. The van der Waals surface area contributed by atoms with Crippen LogP contribution in [0.4, 0.5) is 0 Å². The molecule has 0 fully saturated rings. The number of carboxylic acids is 1. The second-order valence-corrected chi connectivity index (χ2v) is 9.68. The van der Waals surface area contributed by atoms with E-state index in [1.165, 1.54) is 19.1 Å². The third-order valence-electron chi connectivity index (χ3n) is 5.62. The lowest BCUT2D eigenvalue weighted by Gasteiger charge is -2.25. The molecule has 0 unspecified atom stereocenters. The van der Waals surface area contributed by atoms with Gasteiger partial charge < -0.3 is 35.7 Å². The zero-order chi connectivity index (χ0) is 30.1. The van der Waals surface area contributed by atoms with E-state index >= 15 is 0 Å². The first-order valence-electron chi connectivity index (χ1n) is 12.9. The fourth-order valence-corrected chi connectivity index (χ4v) is 3.79. The molecule has 0 aliphatic rings. The number of azide groups is 1. The zero-order valence-electron chi connectivity index (χ0n) is 23.0. The fraction of sp³-hybridized carbons (Fsp3) is 0.577. The Balaban J connectivity index is 2.93. The Morgan fingerprint density at radius 2 is 1.62 bits per heavy atom. The highest BCUT2D eigenvalue weighted by atomic mass is 16.5. The van der Waals surface area contributed by atoms with Gasteiger partial charge in [-0.05, 0) is 48.9 Å². The Hall–Kier alpha value is -4.16. The SMILES string of the molecule is CC(=O)C[C@@H](Cc1ccc(O)cc1)C(=O)N[C@H](CC(C)C)C(=O)N[C@@H](CC(=O)O)C(=O)NCCOCCN=[N+]=[N-]. The smallest absolute Gasteiger partial charge is 0.305 e. The molecule has 0 saturated heterocycles. The van der Waals surface area contributed by atoms with Crippen molar-refractivity contribution in [1.29, 1.82) is 0 Å². The molecule has 0 aliphatic heterocycles. The summed E-state index contributed by atoms with van der Waals surface area (Å²) in [5.41, 5.74) is 8.94. The molecule has 3 atom stereocenters. The van der Waals surface area contributed by atoms with Crippen molar-refractivity contribution in [3.05, 3.63) is 40.3 Å². The number of ketones is 1. The van der Waals surface area contributed by atoms with Crippen LogP contribution in [-0.2, 0) is 35.1 Å². The number of amides is 3. The number of nitrogens with one attached hydrogen (secondary N) is 3. The van der Waals surface area contributed by atoms with Crippen LogP contribution in [0.25, 0.3) is 10.4 Å². The van der Waals surface area contributed by atoms with Crippen LogP contribution in [0, 0.1) is 11.8 Å². The lowest BCUT2D eigenvalue weighted by atomic mass is 9.92. The van der Waals surface area contributed by atoms with Gasteiger partial charge in [-0.15, -0.1) is 0 Å². The number of Topliss-reactive ketones (excluding diaryl/α,β-unsaturated/α-hetero) is 1. The number of carboxylic acid groups (broad SMARTS) is 1. The van der Waals surface area contributed by atoms with Gasteiger partial charge in [0, 0.05) is 30.3 Å². The second-order valence-electron chi connectivity index (χ2n) is 9.68. The van der Waals surface area contributed by atoms with Crippen molar-refractivity contribution < 1.29 is 38.9 Å². The molecular formula is C26H38N6O8. The Morgan fingerprint density at radius 1 is 0.975 bits per heavy atom. The van der Waals surface area contributed by atoms with Crippen LogP contribution in [0.3, 0.4) is 0 Å². The van der Waals surface area contributed by atoms with E-state index in [1.54, 1.807) is 12.1 Å². The summed E-state index contributed by atoms with van der Waals surface area (Å²) in [4.78, 5) is 64.8. The molecule has 3 amide bonds. The average Bonchev–Trinajstić information content (AvgIpc) is 2.87. The maximum Gasteiger partial charge on any atom is 0.305 e. The summed E-state index contributed by atoms with van der Waals surface area (Å²) < 4.78 is 5.18. The number of aromatic hydroxyl groups is 1. The van der Waals surface area contributed by atoms with Gasteiger partial charge in [0.2, 0.25) is 17.7 Å². The molecule has 1 rings (SSSR count). The first-order chi connectivity index (χ1) is 18.9. The van der Waals surface area contributed by atoms with Crippen molar-refractivity contribution in [1.82, 2.24) is 16.0 Å². The number of phenolic OH excluding ortho intramolecular Hbond substituents is 1. The Bertz CT molecular complexity index is 1060. The molecule has 14 nitrogen and oxygen atoms in total. The molecule has 0 spiro atoms. The molecule has 220 valence electrons. The minimum atomic E-state index is -1.41. The first-order valence-corrected chi connectivity index (χ1v) is 12.9. The Kier molecular flexibility index (Phi) is 15.4. The topological polar surface area (TPSA) is 220 Å². The lowest BCUT2D eigenvalue weighted by Crippen LogP contribution is -2.55. The van der Waals surface area contributed by atoms with Crippen LogP contribution in [0.2, 0.25) is 0 Å². The zero-order valence-corrected chi connectivity index (χ0v) is 23.0. The highest BCUT2D eigenvalue weighted by molar-refractivity contribution is 5.94. The number of hydrogen-bond donors (Lipinski definition) is 5. The number of aliphatic carboxylic acids is 1. The highest BCUT2D eigenvalue weighted by Crippen LogP contribution is 2.17. The van der Waals surface area contributed by atoms with Crippen molar-refractivity contribution in [2.75, 3.05) is 26.3 Å². The third kappa shape index (κ3) is 14.1. The van der Waals surface area contributed by atoms with Crippen molar-refractivity contribution in [3.63, 3.8) is 0 Å². The Morgan fingerprint density at radius 3 is 2.20 bits per heavy atom. The second kappa shape index (κ2) is 18.2. The molecule has 0 heterocycles. The van der Waals surface area contributed by atoms with Crippen molar-refractivity contribution in [2.24, 2.45) is 17.0 Å². The van der Waals surface area contributed by atoms with E-state index in [1.807, 2.05) is 13.8 Å². The standard InChI is InChI=1S/C26H38N6O8/c1-16(2)12-21(30-24(37)19(13-17(3)33)14-18-4-6-20(34)7-5-18)26(39)31-22(15-23(35)36)25(38)28-8-10-40-11-9-29-32-27/h4-7,16,19,21-22,34H,8-15H2,1-3H3,(H,28,38)(H,30,37)(H,31,39)(H,35,36)/t19-,21+,22-/m0/s1. The summed E-state index contributed by atoms with van der Waals surface area (Å²) in [5.74, 6) is -4.33. The minimum absolute atomic E-state index is 0.0250. The molecule has 0 bridgehead atoms. The predicted molar refractivity (Wildman–Crippen MR) is 144 cm³/mol. The molecule has 0 radical (unpaired) electrons. The summed E-state index contributed by atoms with van der Waals surface area (Å²) in [6, 6.07) is 3.70. The summed E-state index contributed by atoms with van der Waals surface area (Å²) in [5, 5.41) is 29.7. The van der Waals surface area contributed by atoms with Gasteiger partial charge in [0.25, 0.3) is 0 Å². The monoisotopic (exact) mass is 562 g/mol. The van der Waals surface area contributed by atoms with Gasteiger partial charge in [-0.25, -0.2) is 0 Å². The van der Waals surface area contributed by atoms with Crippen LogP contribution in [-0.4, -0.2) is 78.1 Å². The van der Waals surface area contributed by atoms with E-state index in [-0.39, 0.29) is 63.0 Å². The van der Waals surface area contributed by atoms with Crippen LogP contribution in [0.15, 0.2) is 29.4 Å². The molecule has 5 N–H and O–H groups in total. The van der Waals surface area contributed by atoms with Gasteiger partial charge in [-0.1, -0.05) is 31.1 Å². The summed E-state index contributed by atoms with van der Waals surface area (Å²) in [7, 11) is 0. The molecule has 1 aromatic carbocycles. The predicted octanol–water partition coefficient (Wildman–Crippen LogP) is 1.46. The van der Waals surface area contributed by atoms with Crippen LogP contribution >= 0.6 is 0 Å². The summed E-state index contributed by atoms with van der Waals surface area (Å²) in [6.07, 6.45) is -0.371. The van der Waals surface area contributed by atoms with E-state index in [9.17, 15) is 34.2 Å². The van der Waals surface area contributed by atoms with Crippen molar-refractivity contribution in [2.45, 2.75) is 58.5 Å². The van der Waals surface area contributed by atoms with Gasteiger partial charge in [0.05, 0.1) is 19.6 Å². The number of ether oxygens (including phenoxy) is 1. The number of benzene rings is 1. The largest absolute Gasteiger partial charge is 0.508 e. The van der Waals surface area contributed by atoms with Crippen LogP contribution < -0.4 is 16.0 Å². The number of carbonyl (C=O) groups excluding carboxylic acids is 4. The number of hydrogen-bond acceptors (Lipinski definition) is 8. The maximum atomic E-state index is 13.2. The van der Waals surface area contributed by atoms with Crippen LogP contribution in [0.1, 0.15) is 45.6 Å². The number of phenols is 1. The van der Waals surface area contributed by atoms with E-state index in [2.05, 4.69) is 26.0 Å². The van der Waals surface area contributed by atoms with Crippen molar-refractivity contribution in [3.8, 4) is 5.75 Å². The molecule has 0 aromatic heterocycles. The van der Waals surface area contributed by atoms with E-state index < -0.39 is 48.1 Å². The number of rotatable bonds is 19. The van der Waals surface area contributed by atoms with Crippen LogP contribution in [0.5, 0.6) is 5.75 Å². The molecule has 0 aliphatic carbocycles. The molecule has 40 heavy (non-hydrogen) atoms. The number of carbonyl (C=O) groups is 5. The Labute approximate surface area is 232 Å². The van der Waals surface area contributed by atoms with E-state index in [4.69, 9.17) is 10.3 Å². The quantitative estimate of drug-likeness (QED) is 0.0717. The van der Waals surface area contributed by atoms with Gasteiger partial charge in [0.1, 0.15) is 23.6 Å². The van der Waals surface area contributed by atoms with Gasteiger partial charge in [0.15, 0.2) is 0 Å². The minimum Gasteiger partial charge on any atom is -0.508 e. The summed E-state index contributed by atoms with van der Waals surface area (Å²) in [6.45, 7) is 5.38. The van der Waals surface area contributed by atoms with Gasteiger partial charge in [-0.3, -0.25) is 19.2 Å². The normalized spacial score (nSPS) is 12.9. The average molecular weight is 563 g/mol.